The molecule has 0 bridgehead atoms. The van der Waals surface area contributed by atoms with E-state index in [0.717, 1.165) is 23.1 Å². The van der Waals surface area contributed by atoms with Crippen molar-refractivity contribution in [3.05, 3.63) is 64.2 Å². The van der Waals surface area contributed by atoms with E-state index in [1.54, 1.807) is 19.1 Å². The molecule has 2 rings (SSSR count). The fraction of sp³-hybridized carbons (Fsp3) is 0.417. The topological polar surface area (TPSA) is 58.6 Å². The van der Waals surface area contributed by atoms with Crippen LogP contribution in [0.5, 0.6) is 5.75 Å². The standard InChI is InChI=1S/C24H31ClN2O3/c1-6-18(4)26-24(29)19(5)27(14-20-8-7-9-21(25)13-20)23(28)15-30-22-11-10-16(2)17(3)12-22/h7-13,18-19H,6,14-15H2,1-5H3,(H,26,29)/t18-,19+/m0/s1. The summed E-state index contributed by atoms with van der Waals surface area (Å²) in [7, 11) is 0. The molecular weight excluding hydrogens is 400 g/mol. The van der Waals surface area contributed by atoms with Gasteiger partial charge in [-0.2, -0.15) is 0 Å². The first-order valence-corrected chi connectivity index (χ1v) is 10.6. The Labute approximate surface area is 184 Å². The molecule has 2 atom stereocenters. The SMILES string of the molecule is CC[C@H](C)NC(=O)[C@@H](C)N(Cc1cccc(Cl)c1)C(=O)COc1ccc(C)c(C)c1. The Bertz CT molecular complexity index is 885. The van der Waals surface area contributed by atoms with Gasteiger partial charge in [0.2, 0.25) is 5.91 Å². The number of ether oxygens (including phenoxy) is 1. The smallest absolute Gasteiger partial charge is 0.261 e. The molecule has 2 amide bonds. The number of hydrogen-bond donors (Lipinski definition) is 1. The molecule has 2 aromatic carbocycles. The average molecular weight is 431 g/mol. The van der Waals surface area contributed by atoms with Gasteiger partial charge in [-0.05, 0) is 75.1 Å². The molecule has 0 saturated heterocycles. The zero-order chi connectivity index (χ0) is 22.3. The van der Waals surface area contributed by atoms with Gasteiger partial charge in [0.15, 0.2) is 6.61 Å². The van der Waals surface area contributed by atoms with Gasteiger partial charge in [0.1, 0.15) is 11.8 Å². The third-order valence-corrected chi connectivity index (χ3v) is 5.49. The number of aryl methyl sites for hydroxylation is 2. The second-order valence-corrected chi connectivity index (χ2v) is 8.12. The summed E-state index contributed by atoms with van der Waals surface area (Å²) < 4.78 is 5.73. The van der Waals surface area contributed by atoms with E-state index in [9.17, 15) is 9.59 Å². The van der Waals surface area contributed by atoms with Gasteiger partial charge in [-0.25, -0.2) is 0 Å². The molecule has 6 heteroatoms. The average Bonchev–Trinajstić information content (AvgIpc) is 2.72. The lowest BCUT2D eigenvalue weighted by Crippen LogP contribution is -2.50. The van der Waals surface area contributed by atoms with E-state index < -0.39 is 6.04 Å². The number of nitrogens with one attached hydrogen (secondary N) is 1. The Kier molecular flexibility index (Phi) is 8.72. The molecule has 0 heterocycles. The Balaban J connectivity index is 2.16. The third kappa shape index (κ3) is 6.77. The van der Waals surface area contributed by atoms with E-state index in [-0.39, 0.29) is 31.0 Å². The van der Waals surface area contributed by atoms with Gasteiger partial charge < -0.3 is 15.0 Å². The van der Waals surface area contributed by atoms with Crippen LogP contribution in [0.3, 0.4) is 0 Å². The second-order valence-electron chi connectivity index (χ2n) is 7.68. The van der Waals surface area contributed by atoms with Crippen molar-refractivity contribution in [2.75, 3.05) is 6.61 Å². The largest absolute Gasteiger partial charge is 0.484 e. The van der Waals surface area contributed by atoms with E-state index in [4.69, 9.17) is 16.3 Å². The Morgan fingerprint density at radius 3 is 2.47 bits per heavy atom. The summed E-state index contributed by atoms with van der Waals surface area (Å²) in [6.07, 6.45) is 0.816. The van der Waals surface area contributed by atoms with Crippen molar-refractivity contribution in [1.82, 2.24) is 10.2 Å². The lowest BCUT2D eigenvalue weighted by molar-refractivity contribution is -0.142. The van der Waals surface area contributed by atoms with E-state index >= 15 is 0 Å². The van der Waals surface area contributed by atoms with E-state index in [1.807, 2.05) is 58.0 Å². The van der Waals surface area contributed by atoms with Crippen LogP contribution in [0.25, 0.3) is 0 Å². The normalized spacial score (nSPS) is 12.7. The maximum atomic E-state index is 13.0. The maximum absolute atomic E-state index is 13.0. The Morgan fingerprint density at radius 1 is 1.10 bits per heavy atom. The van der Waals surface area contributed by atoms with Crippen molar-refractivity contribution in [1.29, 1.82) is 0 Å². The predicted molar refractivity (Wildman–Crippen MR) is 121 cm³/mol. The summed E-state index contributed by atoms with van der Waals surface area (Å²) in [5.74, 6) is 0.178. The third-order valence-electron chi connectivity index (χ3n) is 5.25. The molecule has 0 aliphatic heterocycles. The molecule has 0 radical (unpaired) electrons. The molecule has 162 valence electrons. The van der Waals surface area contributed by atoms with Crippen LogP contribution in [0.4, 0.5) is 0 Å². The van der Waals surface area contributed by atoms with Crippen molar-refractivity contribution in [2.24, 2.45) is 0 Å². The molecule has 1 N–H and O–H groups in total. The molecule has 0 aliphatic carbocycles. The van der Waals surface area contributed by atoms with Crippen LogP contribution < -0.4 is 10.1 Å². The van der Waals surface area contributed by atoms with Crippen molar-refractivity contribution in [2.45, 2.75) is 59.7 Å². The Hall–Kier alpha value is -2.53. The van der Waals surface area contributed by atoms with Crippen molar-refractivity contribution < 1.29 is 14.3 Å². The molecule has 0 aromatic heterocycles. The summed E-state index contributed by atoms with van der Waals surface area (Å²) in [4.78, 5) is 27.3. The monoisotopic (exact) mass is 430 g/mol. The lowest BCUT2D eigenvalue weighted by atomic mass is 10.1. The number of carbonyl (C=O) groups excluding carboxylic acids is 2. The van der Waals surface area contributed by atoms with Gasteiger partial charge in [0, 0.05) is 17.6 Å². The first kappa shape index (κ1) is 23.7. The number of amides is 2. The van der Waals surface area contributed by atoms with Crippen molar-refractivity contribution >= 4 is 23.4 Å². The fourth-order valence-electron chi connectivity index (χ4n) is 2.91. The minimum atomic E-state index is -0.645. The molecule has 0 aliphatic rings. The summed E-state index contributed by atoms with van der Waals surface area (Å²) in [6, 6.07) is 12.4. The number of hydrogen-bond acceptors (Lipinski definition) is 3. The first-order chi connectivity index (χ1) is 14.2. The fourth-order valence-corrected chi connectivity index (χ4v) is 3.12. The van der Waals surface area contributed by atoms with E-state index in [2.05, 4.69) is 5.32 Å². The second kappa shape index (κ2) is 11.0. The van der Waals surface area contributed by atoms with E-state index in [1.165, 1.54) is 4.90 Å². The molecule has 30 heavy (non-hydrogen) atoms. The van der Waals surface area contributed by atoms with Gasteiger partial charge in [-0.1, -0.05) is 36.7 Å². The van der Waals surface area contributed by atoms with Crippen LogP contribution in [0.1, 0.15) is 43.9 Å². The van der Waals surface area contributed by atoms with Crippen LogP contribution in [0, 0.1) is 13.8 Å². The van der Waals surface area contributed by atoms with Gasteiger partial charge in [-0.3, -0.25) is 9.59 Å². The highest BCUT2D eigenvalue weighted by Crippen LogP contribution is 2.18. The summed E-state index contributed by atoms with van der Waals surface area (Å²) in [6.45, 7) is 9.81. The molecule has 0 saturated carbocycles. The van der Waals surface area contributed by atoms with Crippen LogP contribution in [-0.4, -0.2) is 35.4 Å². The van der Waals surface area contributed by atoms with Crippen molar-refractivity contribution in [3.8, 4) is 5.75 Å². The van der Waals surface area contributed by atoms with Gasteiger partial charge in [0.25, 0.3) is 5.91 Å². The minimum absolute atomic E-state index is 0.0369. The van der Waals surface area contributed by atoms with E-state index in [0.29, 0.717) is 10.8 Å². The molecule has 2 aromatic rings. The summed E-state index contributed by atoms with van der Waals surface area (Å²) >= 11 is 6.10. The number of benzene rings is 2. The summed E-state index contributed by atoms with van der Waals surface area (Å²) in [5, 5.41) is 3.54. The van der Waals surface area contributed by atoms with Crippen LogP contribution in [0.15, 0.2) is 42.5 Å². The van der Waals surface area contributed by atoms with Crippen LogP contribution >= 0.6 is 11.6 Å². The minimum Gasteiger partial charge on any atom is -0.484 e. The zero-order valence-corrected chi connectivity index (χ0v) is 19.1. The van der Waals surface area contributed by atoms with Gasteiger partial charge in [-0.15, -0.1) is 0 Å². The maximum Gasteiger partial charge on any atom is 0.261 e. The van der Waals surface area contributed by atoms with Gasteiger partial charge >= 0.3 is 0 Å². The highest BCUT2D eigenvalue weighted by molar-refractivity contribution is 6.30. The molecule has 5 nitrogen and oxygen atoms in total. The number of rotatable bonds is 9. The van der Waals surface area contributed by atoms with Crippen LogP contribution in [0.2, 0.25) is 5.02 Å². The molecular formula is C24H31ClN2O3. The number of halogens is 1. The number of carbonyl (C=O) groups is 2. The quantitative estimate of drug-likeness (QED) is 0.629. The van der Waals surface area contributed by atoms with Crippen molar-refractivity contribution in [3.63, 3.8) is 0 Å². The Morgan fingerprint density at radius 2 is 1.83 bits per heavy atom. The lowest BCUT2D eigenvalue weighted by Gasteiger charge is -2.29. The first-order valence-electron chi connectivity index (χ1n) is 10.3. The molecule has 0 spiro atoms. The highest BCUT2D eigenvalue weighted by Gasteiger charge is 2.27. The van der Waals surface area contributed by atoms with Gasteiger partial charge in [0.05, 0.1) is 0 Å². The molecule has 0 unspecified atom stereocenters. The highest BCUT2D eigenvalue weighted by atomic mass is 35.5. The predicted octanol–water partition coefficient (Wildman–Crippen LogP) is 4.67. The summed E-state index contributed by atoms with van der Waals surface area (Å²) in [5.41, 5.74) is 3.11. The van der Waals surface area contributed by atoms with Crippen LogP contribution in [-0.2, 0) is 16.1 Å². The number of nitrogens with zero attached hydrogens (tertiary/aromatic N) is 1. The zero-order valence-electron chi connectivity index (χ0n) is 18.4. The molecule has 0 fully saturated rings.